The summed E-state index contributed by atoms with van der Waals surface area (Å²) in [6.45, 7) is -0.276. The van der Waals surface area contributed by atoms with Gasteiger partial charge in [-0.05, 0) is 0 Å². The van der Waals surface area contributed by atoms with Crippen molar-refractivity contribution in [1.82, 2.24) is 9.72 Å². The lowest BCUT2D eigenvalue weighted by Crippen LogP contribution is -2.11. The molecule has 5 heteroatoms. The standard InChI is InChI=1S/C4H6N2O3/c1-6-3(2-7)5-9-4(6)8/h7H,2H2,1H3. The second kappa shape index (κ2) is 2.02. The van der Waals surface area contributed by atoms with E-state index in [0.29, 0.717) is 0 Å². The summed E-state index contributed by atoms with van der Waals surface area (Å²) in [5.41, 5.74) is 0. The Bertz CT molecular complexity index is 249. The molecule has 0 fully saturated rings. The first kappa shape index (κ1) is 6.03. The normalized spacial score (nSPS) is 10.0. The Morgan fingerprint density at radius 3 is 2.78 bits per heavy atom. The molecule has 1 N–H and O–H groups in total. The van der Waals surface area contributed by atoms with E-state index >= 15 is 0 Å². The first-order chi connectivity index (χ1) is 4.25. The Morgan fingerprint density at radius 2 is 2.56 bits per heavy atom. The van der Waals surface area contributed by atoms with Crippen molar-refractivity contribution in [3.8, 4) is 0 Å². The van der Waals surface area contributed by atoms with Crippen molar-refractivity contribution in [1.29, 1.82) is 0 Å². The number of hydrogen-bond donors (Lipinski definition) is 1. The molecule has 0 spiro atoms. The second-order valence-corrected chi connectivity index (χ2v) is 1.58. The van der Waals surface area contributed by atoms with Crippen LogP contribution in [0.2, 0.25) is 0 Å². The minimum Gasteiger partial charge on any atom is -0.388 e. The van der Waals surface area contributed by atoms with Crippen LogP contribution in [0.25, 0.3) is 0 Å². The lowest BCUT2D eigenvalue weighted by molar-refractivity contribution is 0.260. The molecule has 5 nitrogen and oxygen atoms in total. The van der Waals surface area contributed by atoms with E-state index < -0.39 is 5.76 Å². The Labute approximate surface area is 50.5 Å². The maximum Gasteiger partial charge on any atom is 0.441 e. The zero-order valence-electron chi connectivity index (χ0n) is 4.87. The Balaban J connectivity index is 3.20. The summed E-state index contributed by atoms with van der Waals surface area (Å²) in [5, 5.41) is 11.7. The van der Waals surface area contributed by atoms with Crippen LogP contribution in [0.15, 0.2) is 9.32 Å². The molecule has 0 atom stereocenters. The van der Waals surface area contributed by atoms with Crippen LogP contribution in [-0.2, 0) is 13.7 Å². The highest BCUT2D eigenvalue weighted by Gasteiger charge is 2.02. The highest BCUT2D eigenvalue weighted by molar-refractivity contribution is 4.77. The summed E-state index contributed by atoms with van der Waals surface area (Å²) < 4.78 is 5.32. The third-order valence-corrected chi connectivity index (χ3v) is 1.03. The minimum absolute atomic E-state index is 0.236. The average molecular weight is 130 g/mol. The predicted octanol–water partition coefficient (Wildman–Crippen LogP) is -1.13. The number of nitrogens with zero attached hydrogens (tertiary/aromatic N) is 2. The van der Waals surface area contributed by atoms with Gasteiger partial charge in [0.25, 0.3) is 0 Å². The van der Waals surface area contributed by atoms with Gasteiger partial charge in [-0.15, -0.1) is 0 Å². The van der Waals surface area contributed by atoms with Crippen LogP contribution in [0, 0.1) is 0 Å². The lowest BCUT2D eigenvalue weighted by Gasteiger charge is -1.86. The first-order valence-electron chi connectivity index (χ1n) is 2.38. The quantitative estimate of drug-likeness (QED) is 0.522. The molecule has 0 aliphatic rings. The smallest absolute Gasteiger partial charge is 0.388 e. The molecular formula is C4H6N2O3. The van der Waals surface area contributed by atoms with E-state index in [2.05, 4.69) is 9.68 Å². The second-order valence-electron chi connectivity index (χ2n) is 1.58. The van der Waals surface area contributed by atoms with Crippen molar-refractivity contribution in [3.63, 3.8) is 0 Å². The van der Waals surface area contributed by atoms with E-state index in [1.54, 1.807) is 0 Å². The number of aliphatic hydroxyl groups is 1. The summed E-state index contributed by atoms with van der Waals surface area (Å²) in [5.74, 6) is -0.320. The van der Waals surface area contributed by atoms with Gasteiger partial charge in [0.15, 0.2) is 5.82 Å². The van der Waals surface area contributed by atoms with Crippen molar-refractivity contribution in [3.05, 3.63) is 16.4 Å². The fourth-order valence-electron chi connectivity index (χ4n) is 0.455. The zero-order chi connectivity index (χ0) is 6.85. The minimum atomic E-state index is -0.556. The molecule has 0 aliphatic carbocycles. The van der Waals surface area contributed by atoms with Gasteiger partial charge in [0.1, 0.15) is 6.61 Å². The highest BCUT2D eigenvalue weighted by Crippen LogP contribution is 1.85. The van der Waals surface area contributed by atoms with Gasteiger partial charge in [0.05, 0.1) is 0 Å². The molecule has 50 valence electrons. The summed E-state index contributed by atoms with van der Waals surface area (Å²) >= 11 is 0. The number of aromatic nitrogens is 2. The van der Waals surface area contributed by atoms with Crippen LogP contribution >= 0.6 is 0 Å². The van der Waals surface area contributed by atoms with Gasteiger partial charge in [-0.25, -0.2) is 4.79 Å². The third-order valence-electron chi connectivity index (χ3n) is 1.03. The van der Waals surface area contributed by atoms with E-state index in [1.807, 2.05) is 0 Å². The SMILES string of the molecule is Cn1c(CO)noc1=O. The number of rotatable bonds is 1. The Morgan fingerprint density at radius 1 is 1.89 bits per heavy atom. The molecule has 1 heterocycles. The van der Waals surface area contributed by atoms with E-state index in [1.165, 1.54) is 7.05 Å². The van der Waals surface area contributed by atoms with Gasteiger partial charge in [-0.3, -0.25) is 9.09 Å². The summed E-state index contributed by atoms with van der Waals surface area (Å²) in [6, 6.07) is 0. The van der Waals surface area contributed by atoms with E-state index in [9.17, 15) is 4.79 Å². The predicted molar refractivity (Wildman–Crippen MR) is 27.7 cm³/mol. The fourth-order valence-corrected chi connectivity index (χ4v) is 0.455. The summed E-state index contributed by atoms with van der Waals surface area (Å²) in [7, 11) is 1.48. The molecule has 1 aromatic heterocycles. The van der Waals surface area contributed by atoms with Crippen LogP contribution in [0.3, 0.4) is 0 Å². The van der Waals surface area contributed by atoms with E-state index in [0.717, 1.165) is 4.57 Å². The summed E-state index contributed by atoms with van der Waals surface area (Å²) in [4.78, 5) is 10.4. The molecule has 0 saturated heterocycles. The van der Waals surface area contributed by atoms with Gasteiger partial charge in [0.2, 0.25) is 0 Å². The first-order valence-corrected chi connectivity index (χ1v) is 2.38. The zero-order valence-corrected chi connectivity index (χ0v) is 4.87. The molecule has 0 unspecified atom stereocenters. The van der Waals surface area contributed by atoms with Crippen molar-refractivity contribution in [2.75, 3.05) is 0 Å². The number of aliphatic hydroxyl groups excluding tert-OH is 1. The molecule has 0 aromatic carbocycles. The summed E-state index contributed by atoms with van der Waals surface area (Å²) in [6.07, 6.45) is 0. The van der Waals surface area contributed by atoms with Gasteiger partial charge in [0, 0.05) is 7.05 Å². The number of hydrogen-bond acceptors (Lipinski definition) is 4. The Hall–Kier alpha value is -1.10. The van der Waals surface area contributed by atoms with E-state index in [-0.39, 0.29) is 12.4 Å². The van der Waals surface area contributed by atoms with Crippen molar-refractivity contribution in [2.24, 2.45) is 7.05 Å². The van der Waals surface area contributed by atoms with Crippen molar-refractivity contribution >= 4 is 0 Å². The monoisotopic (exact) mass is 130 g/mol. The van der Waals surface area contributed by atoms with Crippen molar-refractivity contribution < 1.29 is 9.63 Å². The average Bonchev–Trinajstić information content (AvgIpc) is 2.15. The van der Waals surface area contributed by atoms with E-state index in [4.69, 9.17) is 5.11 Å². The Kier molecular flexibility index (Phi) is 1.35. The third kappa shape index (κ3) is 0.857. The molecule has 0 aliphatic heterocycles. The van der Waals surface area contributed by atoms with Crippen LogP contribution in [0.4, 0.5) is 0 Å². The van der Waals surface area contributed by atoms with Crippen LogP contribution in [-0.4, -0.2) is 14.8 Å². The molecular weight excluding hydrogens is 124 g/mol. The molecule has 1 aromatic rings. The van der Waals surface area contributed by atoms with Crippen LogP contribution < -0.4 is 5.76 Å². The lowest BCUT2D eigenvalue weighted by atomic mass is 10.6. The maximum absolute atomic E-state index is 10.4. The molecule has 0 radical (unpaired) electrons. The molecule has 0 bridgehead atoms. The van der Waals surface area contributed by atoms with Gasteiger partial charge in [-0.1, -0.05) is 5.16 Å². The topological polar surface area (TPSA) is 68.3 Å². The van der Waals surface area contributed by atoms with Crippen LogP contribution in [0.1, 0.15) is 5.82 Å². The largest absolute Gasteiger partial charge is 0.441 e. The molecule has 1 rings (SSSR count). The molecule has 0 amide bonds. The highest BCUT2D eigenvalue weighted by atomic mass is 16.5. The van der Waals surface area contributed by atoms with Gasteiger partial charge < -0.3 is 5.11 Å². The van der Waals surface area contributed by atoms with Gasteiger partial charge in [-0.2, -0.15) is 0 Å². The molecule has 0 saturated carbocycles. The van der Waals surface area contributed by atoms with Crippen molar-refractivity contribution in [2.45, 2.75) is 6.61 Å². The fraction of sp³-hybridized carbons (Fsp3) is 0.500. The van der Waals surface area contributed by atoms with Gasteiger partial charge >= 0.3 is 5.76 Å². The molecule has 9 heavy (non-hydrogen) atoms. The maximum atomic E-state index is 10.4. The van der Waals surface area contributed by atoms with Crippen LogP contribution in [0.5, 0.6) is 0 Å².